The summed E-state index contributed by atoms with van der Waals surface area (Å²) in [6.45, 7) is 6.35. The fraction of sp³-hybridized carbons (Fsp3) is 0.286. The molecule has 4 aromatic rings. The lowest BCUT2D eigenvalue weighted by molar-refractivity contribution is 0.0988. The van der Waals surface area contributed by atoms with E-state index in [1.807, 2.05) is 18.2 Å². The van der Waals surface area contributed by atoms with Crippen molar-refractivity contribution < 1.29 is 9.32 Å². The monoisotopic (exact) mass is 424 g/mol. The number of nitrogens with one attached hydrogen (secondary N) is 1. The minimum Gasteiger partial charge on any atom is -0.351 e. The smallest absolute Gasteiger partial charge is 0.294 e. The van der Waals surface area contributed by atoms with E-state index in [-0.39, 0.29) is 11.7 Å². The number of amides is 1. The molecule has 4 heterocycles. The number of hydrogen-bond donors (Lipinski definition) is 1. The van der Waals surface area contributed by atoms with Crippen molar-refractivity contribution in [1.82, 2.24) is 15.0 Å². The number of thiazole rings is 1. The third-order valence-corrected chi connectivity index (χ3v) is 7.40. The van der Waals surface area contributed by atoms with Crippen LogP contribution >= 0.6 is 22.7 Å². The molecule has 3 aromatic heterocycles. The molecule has 1 aliphatic heterocycles. The van der Waals surface area contributed by atoms with Crippen LogP contribution in [0.3, 0.4) is 0 Å². The molecule has 148 valence electrons. The van der Waals surface area contributed by atoms with Crippen molar-refractivity contribution >= 4 is 43.8 Å². The number of carbonyl (C=O) groups excluding carboxylic acids is 1. The summed E-state index contributed by atoms with van der Waals surface area (Å²) >= 11 is 3.31. The lowest BCUT2D eigenvalue weighted by Gasteiger charge is -2.30. The second-order valence-electron chi connectivity index (χ2n) is 7.34. The zero-order valence-corrected chi connectivity index (χ0v) is 17.8. The van der Waals surface area contributed by atoms with Crippen LogP contribution in [0.5, 0.6) is 0 Å². The van der Waals surface area contributed by atoms with Crippen molar-refractivity contribution in [3.05, 3.63) is 52.7 Å². The normalized spacial score (nSPS) is 14.4. The number of nitrogens with zero attached hydrogens (tertiary/aromatic N) is 3. The van der Waals surface area contributed by atoms with E-state index in [1.54, 1.807) is 28.7 Å². The highest BCUT2D eigenvalue weighted by molar-refractivity contribution is 7.22. The van der Waals surface area contributed by atoms with Crippen LogP contribution in [-0.4, -0.2) is 33.5 Å². The molecule has 0 fully saturated rings. The van der Waals surface area contributed by atoms with Gasteiger partial charge >= 0.3 is 0 Å². The standard InChI is InChI=1S/C21H20N4O2S2/c1-12(2)25-10-8-13-17(11-25)29-21(24-19(26)15-7-9-22-27-15)18(13)20-23-14-5-3-4-6-16(14)28-20/h3-7,9,12H,8,10-11H2,1-2H3,(H,24,26). The SMILES string of the molecule is CC(C)N1CCc2c(sc(NC(=O)c3ccno3)c2-c2nc3ccccc3s2)C1. The molecule has 29 heavy (non-hydrogen) atoms. The molecule has 1 aromatic carbocycles. The molecule has 5 rings (SSSR count). The molecule has 6 nitrogen and oxygen atoms in total. The molecule has 0 saturated heterocycles. The van der Waals surface area contributed by atoms with Gasteiger partial charge in [0.05, 0.1) is 16.4 Å². The van der Waals surface area contributed by atoms with E-state index >= 15 is 0 Å². The molecule has 0 radical (unpaired) electrons. The summed E-state index contributed by atoms with van der Waals surface area (Å²) in [7, 11) is 0. The van der Waals surface area contributed by atoms with E-state index in [1.165, 1.54) is 16.6 Å². The van der Waals surface area contributed by atoms with Gasteiger partial charge in [0.15, 0.2) is 0 Å². The third kappa shape index (κ3) is 3.37. The molecular weight excluding hydrogens is 404 g/mol. The van der Waals surface area contributed by atoms with Crippen molar-refractivity contribution in [2.24, 2.45) is 0 Å². The lowest BCUT2D eigenvalue weighted by Crippen LogP contribution is -2.35. The minimum absolute atomic E-state index is 0.204. The predicted octanol–water partition coefficient (Wildman–Crippen LogP) is 5.03. The number of anilines is 1. The Balaban J connectivity index is 1.60. The Morgan fingerprint density at radius 2 is 2.10 bits per heavy atom. The van der Waals surface area contributed by atoms with Crippen LogP contribution in [0.15, 0.2) is 41.1 Å². The molecule has 0 aliphatic carbocycles. The summed E-state index contributed by atoms with van der Waals surface area (Å²) in [6, 6.07) is 10.2. The first-order valence-corrected chi connectivity index (χ1v) is 11.2. The van der Waals surface area contributed by atoms with Gasteiger partial charge < -0.3 is 9.84 Å². The van der Waals surface area contributed by atoms with Gasteiger partial charge in [0.1, 0.15) is 10.0 Å². The van der Waals surface area contributed by atoms with Crippen molar-refractivity contribution in [3.8, 4) is 10.6 Å². The van der Waals surface area contributed by atoms with Gasteiger partial charge in [-0.2, -0.15) is 0 Å². The maximum atomic E-state index is 12.7. The van der Waals surface area contributed by atoms with E-state index in [2.05, 4.69) is 35.3 Å². The fourth-order valence-corrected chi connectivity index (χ4v) is 6.03. The zero-order valence-electron chi connectivity index (χ0n) is 16.1. The molecule has 0 bridgehead atoms. The maximum Gasteiger partial charge on any atom is 0.294 e. The van der Waals surface area contributed by atoms with Crippen molar-refractivity contribution in [2.45, 2.75) is 32.9 Å². The summed E-state index contributed by atoms with van der Waals surface area (Å²) in [5.41, 5.74) is 3.35. The number of rotatable bonds is 4. The van der Waals surface area contributed by atoms with Crippen LogP contribution in [0.2, 0.25) is 0 Å². The van der Waals surface area contributed by atoms with E-state index in [4.69, 9.17) is 9.51 Å². The van der Waals surface area contributed by atoms with Gasteiger partial charge in [-0.15, -0.1) is 22.7 Å². The highest BCUT2D eigenvalue weighted by Gasteiger charge is 2.29. The number of benzene rings is 1. The van der Waals surface area contributed by atoms with Crippen LogP contribution in [0.4, 0.5) is 5.00 Å². The van der Waals surface area contributed by atoms with Gasteiger partial charge in [-0.1, -0.05) is 17.3 Å². The van der Waals surface area contributed by atoms with E-state index in [9.17, 15) is 4.79 Å². The van der Waals surface area contributed by atoms with E-state index in [0.717, 1.165) is 45.3 Å². The number of aromatic nitrogens is 2. The van der Waals surface area contributed by atoms with Crippen LogP contribution < -0.4 is 5.32 Å². The zero-order chi connectivity index (χ0) is 20.0. The van der Waals surface area contributed by atoms with Gasteiger partial charge in [-0.3, -0.25) is 9.69 Å². The Hall–Kier alpha value is -2.55. The summed E-state index contributed by atoms with van der Waals surface area (Å²) in [6.07, 6.45) is 2.43. The number of para-hydroxylation sites is 1. The number of fused-ring (bicyclic) bond motifs is 2. The Kier molecular flexibility index (Phi) is 4.69. The largest absolute Gasteiger partial charge is 0.351 e. The van der Waals surface area contributed by atoms with Crippen LogP contribution in [0, 0.1) is 0 Å². The van der Waals surface area contributed by atoms with Crippen molar-refractivity contribution in [1.29, 1.82) is 0 Å². The Bertz CT molecular complexity index is 1140. The first kappa shape index (κ1) is 18.5. The summed E-state index contributed by atoms with van der Waals surface area (Å²) < 4.78 is 6.18. The molecular formula is C21H20N4O2S2. The fourth-order valence-electron chi connectivity index (χ4n) is 3.66. The summed E-state index contributed by atoms with van der Waals surface area (Å²) in [5.74, 6) is -0.0837. The Labute approximate surface area is 176 Å². The first-order valence-electron chi connectivity index (χ1n) is 9.56. The predicted molar refractivity (Wildman–Crippen MR) is 117 cm³/mol. The molecule has 8 heteroatoms. The maximum absolute atomic E-state index is 12.7. The minimum atomic E-state index is -0.288. The molecule has 1 aliphatic rings. The average Bonchev–Trinajstić information content (AvgIpc) is 3.44. The molecule has 1 amide bonds. The summed E-state index contributed by atoms with van der Waals surface area (Å²) in [4.78, 5) is 21.3. The quantitative estimate of drug-likeness (QED) is 0.497. The van der Waals surface area contributed by atoms with E-state index in [0.29, 0.717) is 6.04 Å². The van der Waals surface area contributed by atoms with Crippen molar-refractivity contribution in [3.63, 3.8) is 0 Å². The van der Waals surface area contributed by atoms with Gasteiger partial charge in [-0.25, -0.2) is 4.98 Å². The topological polar surface area (TPSA) is 71.3 Å². The second kappa shape index (κ2) is 7.37. The third-order valence-electron chi connectivity index (χ3n) is 5.21. The number of carbonyl (C=O) groups is 1. The van der Waals surface area contributed by atoms with Crippen LogP contribution in [0.25, 0.3) is 20.8 Å². The van der Waals surface area contributed by atoms with Crippen molar-refractivity contribution in [2.75, 3.05) is 11.9 Å². The van der Waals surface area contributed by atoms with Gasteiger partial charge in [0.25, 0.3) is 5.91 Å². The van der Waals surface area contributed by atoms with Crippen LogP contribution in [0.1, 0.15) is 34.8 Å². The number of thiophene rings is 1. The summed E-state index contributed by atoms with van der Waals surface area (Å²) in [5, 5.41) is 8.48. The molecule has 0 spiro atoms. The highest BCUT2D eigenvalue weighted by atomic mass is 32.1. The lowest BCUT2D eigenvalue weighted by atomic mass is 10.0. The second-order valence-corrected chi connectivity index (χ2v) is 9.48. The average molecular weight is 425 g/mol. The molecule has 0 atom stereocenters. The highest BCUT2D eigenvalue weighted by Crippen LogP contribution is 2.46. The number of hydrogen-bond acceptors (Lipinski definition) is 7. The van der Waals surface area contributed by atoms with Gasteiger partial charge in [-0.05, 0) is 38.0 Å². The van der Waals surface area contributed by atoms with Crippen LogP contribution in [-0.2, 0) is 13.0 Å². The van der Waals surface area contributed by atoms with Gasteiger partial charge in [0.2, 0.25) is 5.76 Å². The Morgan fingerprint density at radius 3 is 2.86 bits per heavy atom. The van der Waals surface area contributed by atoms with Gasteiger partial charge in [0, 0.05) is 35.6 Å². The first-order chi connectivity index (χ1) is 14.1. The Morgan fingerprint density at radius 1 is 1.24 bits per heavy atom. The van der Waals surface area contributed by atoms with E-state index < -0.39 is 0 Å². The molecule has 0 unspecified atom stereocenters. The molecule has 0 saturated carbocycles. The molecule has 1 N–H and O–H groups in total.